The van der Waals surface area contributed by atoms with Crippen molar-refractivity contribution in [3.8, 4) is 0 Å². The molecule has 0 bridgehead atoms. The molecule has 0 fully saturated rings. The van der Waals surface area contributed by atoms with Crippen molar-refractivity contribution in [3.63, 3.8) is 0 Å². The molecule has 0 saturated heterocycles. The Morgan fingerprint density at radius 2 is 0.622 bits per heavy atom. The molecule has 8 amide bonds. The predicted molar refractivity (Wildman–Crippen MR) is 315 cm³/mol. The minimum Gasteiger partial charge on any atom is -0.481 e. The SMILES string of the molecule is NCCCC[C@H](NC(=O)[C@H](CCCC[C@H](NC(=O)[C@H](CC(=O)O)NC(=O)[C@H](CCC(=O)O)NC(=O)c1ccc2ccccc2n1)C(=O)N[C@@H](CCCCN)C(=O)O)NC(=O)[C@H](CC(=O)O)NC(=O)[C@H](CCC(=O)O)NC(=O)c1ccc2ccccc2n1)C(=O)O. The van der Waals surface area contributed by atoms with Gasteiger partial charge in [-0.25, -0.2) is 19.6 Å². The fourth-order valence-corrected chi connectivity index (χ4v) is 9.06. The van der Waals surface area contributed by atoms with Gasteiger partial charge in [-0.3, -0.25) is 57.5 Å². The Labute approximate surface area is 513 Å². The van der Waals surface area contributed by atoms with Gasteiger partial charge in [-0.15, -0.1) is 0 Å². The van der Waals surface area contributed by atoms with Gasteiger partial charge in [-0.2, -0.15) is 0 Å². The van der Waals surface area contributed by atoms with Gasteiger partial charge < -0.3 is 84.6 Å². The Hall–Kier alpha value is -10.2. The smallest absolute Gasteiger partial charge is 0.326 e. The maximum Gasteiger partial charge on any atom is 0.326 e. The largest absolute Gasteiger partial charge is 0.481 e. The van der Waals surface area contributed by atoms with Crippen LogP contribution in [0, 0.1) is 0 Å². The van der Waals surface area contributed by atoms with Gasteiger partial charge in [0.25, 0.3) is 11.8 Å². The van der Waals surface area contributed by atoms with E-state index in [-0.39, 0.29) is 63.0 Å². The van der Waals surface area contributed by atoms with E-state index in [1.807, 2.05) is 0 Å². The van der Waals surface area contributed by atoms with Crippen LogP contribution in [-0.4, -0.2) is 185 Å². The second kappa shape index (κ2) is 36.8. The lowest BCUT2D eigenvalue weighted by molar-refractivity contribution is -0.143. The van der Waals surface area contributed by atoms with Crippen molar-refractivity contribution < 1.29 is 97.8 Å². The van der Waals surface area contributed by atoms with Gasteiger partial charge >= 0.3 is 35.8 Å². The molecule has 2 heterocycles. The molecule has 90 heavy (non-hydrogen) atoms. The summed E-state index contributed by atoms with van der Waals surface area (Å²) in [7, 11) is 0. The number of hydrogen-bond acceptors (Lipinski definition) is 18. The molecule has 486 valence electrons. The standard InChI is InChI=1S/C58H74N12O20/c59-27-9-7-17-41(57(87)88)67-49(79)35(63-55(85)43(29-47(75)76)69-53(83)39(23-25-45(71)72)65-51(81)37-21-19-31-11-1-3-13-33(31)61-37)15-5-6-16-36(50(80)68-42(58(89)90)18-8-10-28-60)64-56(86)44(30-48(77)78)70-54(84)40(24-26-46(73)74)66-52(82)38-22-20-32-12-2-4-14-34(32)62-38/h1-4,11-14,19-22,35-36,39-44H,5-10,15-18,23-30,59-60H2,(H,63,85)(H,64,86)(H,65,81)(H,66,82)(H,67,79)(H,68,80)(H,69,83)(H,70,84)(H,71,72)(H,73,74)(H,75,76)(H,77,78)(H,87,88)(H,89,90)/t35-,36-,39-,40-,41-,42-,43-,44-/m0/s1. The summed E-state index contributed by atoms with van der Waals surface area (Å²) in [5.41, 5.74) is 11.6. The van der Waals surface area contributed by atoms with E-state index in [0.717, 1.165) is 0 Å². The number of rotatable bonds is 41. The number of benzene rings is 2. The molecule has 0 unspecified atom stereocenters. The van der Waals surface area contributed by atoms with E-state index in [0.29, 0.717) is 34.6 Å². The molecule has 0 saturated carbocycles. The highest BCUT2D eigenvalue weighted by Crippen LogP contribution is 2.16. The maximum atomic E-state index is 14.1. The molecule has 0 aliphatic heterocycles. The van der Waals surface area contributed by atoms with Crippen LogP contribution in [-0.2, 0) is 57.5 Å². The summed E-state index contributed by atoms with van der Waals surface area (Å²) in [6.45, 7) is 0.326. The molecule has 0 aliphatic carbocycles. The second-order valence-electron chi connectivity index (χ2n) is 20.8. The van der Waals surface area contributed by atoms with E-state index in [9.17, 15) is 97.8 Å². The average Bonchev–Trinajstić information content (AvgIpc) is 1.73. The van der Waals surface area contributed by atoms with E-state index in [1.165, 1.54) is 12.1 Å². The van der Waals surface area contributed by atoms with Crippen LogP contribution in [0.3, 0.4) is 0 Å². The molecular weight excluding hydrogens is 1180 g/mol. The first kappa shape index (κ1) is 72.2. The van der Waals surface area contributed by atoms with E-state index >= 15 is 0 Å². The number of amides is 8. The summed E-state index contributed by atoms with van der Waals surface area (Å²) in [5, 5.41) is 78.4. The highest BCUT2D eigenvalue weighted by molar-refractivity contribution is 6.02. The Morgan fingerprint density at radius 3 is 0.944 bits per heavy atom. The van der Waals surface area contributed by atoms with Crippen molar-refractivity contribution in [2.75, 3.05) is 13.1 Å². The third-order valence-electron chi connectivity index (χ3n) is 13.8. The van der Waals surface area contributed by atoms with Gasteiger partial charge in [0.2, 0.25) is 35.4 Å². The quantitative estimate of drug-likeness (QED) is 0.0243. The molecular formula is C58H74N12O20. The number of pyridine rings is 2. The number of carbonyl (C=O) groups is 14. The Balaban J connectivity index is 1.63. The van der Waals surface area contributed by atoms with Crippen LogP contribution in [0.15, 0.2) is 72.8 Å². The molecule has 0 aliphatic rings. The summed E-state index contributed by atoms with van der Waals surface area (Å²) in [5.74, 6) is -18.5. The van der Waals surface area contributed by atoms with Gasteiger partial charge in [0.15, 0.2) is 0 Å². The van der Waals surface area contributed by atoms with Gasteiger partial charge in [-0.05, 0) is 102 Å². The summed E-state index contributed by atoms with van der Waals surface area (Å²) >= 11 is 0. The monoisotopic (exact) mass is 1260 g/mol. The van der Waals surface area contributed by atoms with Crippen molar-refractivity contribution in [1.29, 1.82) is 0 Å². The van der Waals surface area contributed by atoms with E-state index in [4.69, 9.17) is 11.5 Å². The van der Waals surface area contributed by atoms with Crippen LogP contribution in [0.5, 0.6) is 0 Å². The molecule has 2 aromatic heterocycles. The molecule has 32 nitrogen and oxygen atoms in total. The molecule has 0 spiro atoms. The van der Waals surface area contributed by atoms with Gasteiger partial charge in [0.05, 0.1) is 23.9 Å². The van der Waals surface area contributed by atoms with Crippen molar-refractivity contribution >= 4 is 105 Å². The van der Waals surface area contributed by atoms with Crippen LogP contribution in [0.25, 0.3) is 21.8 Å². The number of para-hydroxylation sites is 2. The predicted octanol–water partition coefficient (Wildman–Crippen LogP) is -0.745. The highest BCUT2D eigenvalue weighted by Gasteiger charge is 2.36. The molecule has 32 heteroatoms. The van der Waals surface area contributed by atoms with Crippen LogP contribution in [0.4, 0.5) is 0 Å². The first-order valence-corrected chi connectivity index (χ1v) is 28.7. The van der Waals surface area contributed by atoms with Crippen molar-refractivity contribution in [2.45, 2.75) is 151 Å². The Morgan fingerprint density at radius 1 is 0.333 bits per heavy atom. The van der Waals surface area contributed by atoms with Crippen LogP contribution in [0.1, 0.15) is 124 Å². The minimum absolute atomic E-state index is 0.154. The minimum atomic E-state index is -2.06. The number of fused-ring (bicyclic) bond motifs is 2. The Kier molecular flexibility index (Phi) is 29.5. The second-order valence-corrected chi connectivity index (χ2v) is 20.8. The van der Waals surface area contributed by atoms with Crippen LogP contribution < -0.4 is 54.0 Å². The number of carboxylic acids is 6. The van der Waals surface area contributed by atoms with E-state index in [2.05, 4.69) is 52.5 Å². The van der Waals surface area contributed by atoms with Crippen LogP contribution >= 0.6 is 0 Å². The number of hydrogen-bond donors (Lipinski definition) is 16. The van der Waals surface area contributed by atoms with E-state index in [1.54, 1.807) is 60.7 Å². The summed E-state index contributed by atoms with van der Waals surface area (Å²) < 4.78 is 0. The molecule has 8 atom stereocenters. The highest BCUT2D eigenvalue weighted by atomic mass is 16.4. The van der Waals surface area contributed by atoms with Crippen LogP contribution in [0.2, 0.25) is 0 Å². The number of nitrogens with one attached hydrogen (secondary N) is 8. The molecule has 4 rings (SSSR count). The molecule has 0 radical (unpaired) electrons. The zero-order valence-corrected chi connectivity index (χ0v) is 48.7. The number of nitrogens with zero attached hydrogens (tertiary/aromatic N) is 2. The van der Waals surface area contributed by atoms with Crippen molar-refractivity contribution in [2.24, 2.45) is 11.5 Å². The van der Waals surface area contributed by atoms with E-state index < -0.39 is 183 Å². The number of carbonyl (C=O) groups excluding carboxylic acids is 8. The number of unbranched alkanes of at least 4 members (excludes halogenated alkanes) is 3. The fourth-order valence-electron chi connectivity index (χ4n) is 9.06. The number of nitrogens with two attached hydrogens (primary N) is 2. The third-order valence-corrected chi connectivity index (χ3v) is 13.8. The summed E-state index contributed by atoms with van der Waals surface area (Å²) in [4.78, 5) is 192. The number of aromatic nitrogens is 2. The lowest BCUT2D eigenvalue weighted by Crippen LogP contribution is -2.58. The number of aliphatic carboxylic acids is 6. The van der Waals surface area contributed by atoms with Gasteiger partial charge in [0, 0.05) is 23.6 Å². The maximum absolute atomic E-state index is 14.1. The van der Waals surface area contributed by atoms with Gasteiger partial charge in [-0.1, -0.05) is 61.4 Å². The lowest BCUT2D eigenvalue weighted by Gasteiger charge is -2.26. The van der Waals surface area contributed by atoms with Gasteiger partial charge in [0.1, 0.15) is 59.7 Å². The lowest BCUT2D eigenvalue weighted by atomic mass is 10.0. The first-order chi connectivity index (χ1) is 42.8. The van der Waals surface area contributed by atoms with Crippen molar-refractivity contribution in [3.05, 3.63) is 84.2 Å². The fraction of sp³-hybridized carbons (Fsp3) is 0.448. The Bertz CT molecular complexity index is 3050. The summed E-state index contributed by atoms with van der Waals surface area (Å²) in [6.07, 6.45) is -5.57. The molecule has 4 aromatic rings. The zero-order valence-electron chi connectivity index (χ0n) is 48.7. The normalized spacial score (nSPS) is 13.7. The molecule has 2 aromatic carbocycles. The first-order valence-electron chi connectivity index (χ1n) is 28.7. The average molecular weight is 1260 g/mol. The topological polar surface area (TPSA) is 534 Å². The number of carboxylic acid groups (broad SMARTS) is 6. The van der Waals surface area contributed by atoms with Crippen molar-refractivity contribution in [1.82, 2.24) is 52.5 Å². The zero-order chi connectivity index (χ0) is 66.5. The summed E-state index contributed by atoms with van der Waals surface area (Å²) in [6, 6.07) is 4.89. The molecule has 18 N–H and O–H groups in total. The third kappa shape index (κ3) is 24.5.